The highest BCUT2D eigenvalue weighted by atomic mass is 15.2. The van der Waals surface area contributed by atoms with Crippen LogP contribution in [0, 0.1) is 76.9 Å². The first-order chi connectivity index (χ1) is 23.7. The summed E-state index contributed by atoms with van der Waals surface area (Å²) >= 11 is 0. The highest BCUT2D eigenvalue weighted by Gasteiger charge is 2.51. The summed E-state index contributed by atoms with van der Waals surface area (Å²) in [6.07, 6.45) is 44.6. The Balaban J connectivity index is 1.01. The molecule has 2 heteroatoms. The molecule has 0 radical (unpaired) electrons. The van der Waals surface area contributed by atoms with Gasteiger partial charge >= 0.3 is 0 Å². The Kier molecular flexibility index (Phi) is 10.1. The monoisotopic (exact) mass is 653 g/mol. The number of rotatable bonds is 4. The van der Waals surface area contributed by atoms with E-state index in [-0.39, 0.29) is 0 Å². The smallest absolute Gasteiger partial charge is 0.0353 e. The van der Waals surface area contributed by atoms with Crippen molar-refractivity contribution < 1.29 is 0 Å². The molecule has 2 saturated heterocycles. The van der Waals surface area contributed by atoms with Crippen molar-refractivity contribution in [3.05, 3.63) is 36.0 Å². The summed E-state index contributed by atoms with van der Waals surface area (Å²) in [6.45, 7) is 6.78. The number of nitrogens with one attached hydrogen (secondary N) is 1. The molecule has 2 heterocycles. The van der Waals surface area contributed by atoms with E-state index >= 15 is 0 Å². The Morgan fingerprint density at radius 3 is 2.10 bits per heavy atom. The Hall–Kier alpha value is -0.860. The molecular weight excluding hydrogens is 581 g/mol. The number of fused-ring (bicyclic) bond motifs is 4. The van der Waals surface area contributed by atoms with Crippen molar-refractivity contribution in [1.29, 1.82) is 0 Å². The molecule has 13 atom stereocenters. The van der Waals surface area contributed by atoms with Gasteiger partial charge in [-0.05, 0) is 180 Å². The number of hydrogen-bond acceptors (Lipinski definition) is 2. The third kappa shape index (κ3) is 6.30. The van der Waals surface area contributed by atoms with Gasteiger partial charge in [0.15, 0.2) is 0 Å². The number of allylic oxidation sites excluding steroid dienone is 4. The minimum Gasteiger partial charge on any atom is -0.316 e. The molecular formula is C46H72N2. The molecule has 2 aliphatic heterocycles. The van der Waals surface area contributed by atoms with E-state index in [1.807, 2.05) is 0 Å². The molecule has 9 aliphatic rings. The summed E-state index contributed by atoms with van der Waals surface area (Å²) in [5.41, 5.74) is 1.65. The van der Waals surface area contributed by atoms with Gasteiger partial charge in [-0.15, -0.1) is 0 Å². The van der Waals surface area contributed by atoms with Crippen LogP contribution in [0.25, 0.3) is 0 Å². The van der Waals surface area contributed by atoms with Gasteiger partial charge in [-0.25, -0.2) is 0 Å². The van der Waals surface area contributed by atoms with Gasteiger partial charge in [0, 0.05) is 24.5 Å². The highest BCUT2D eigenvalue weighted by molar-refractivity contribution is 5.35. The first-order valence-electron chi connectivity index (χ1n) is 22.2. The fourth-order valence-electron chi connectivity index (χ4n) is 15.4. The summed E-state index contributed by atoms with van der Waals surface area (Å²) in [6, 6.07) is 1.42. The van der Waals surface area contributed by atoms with Crippen molar-refractivity contribution in [2.45, 2.75) is 154 Å². The van der Waals surface area contributed by atoms with E-state index in [9.17, 15) is 0 Å². The third-order valence-corrected chi connectivity index (χ3v) is 17.7. The van der Waals surface area contributed by atoms with E-state index in [0.717, 1.165) is 83.0 Å². The van der Waals surface area contributed by atoms with E-state index in [0.29, 0.717) is 6.04 Å². The normalized spacial score (nSPS) is 49.9. The van der Waals surface area contributed by atoms with E-state index in [2.05, 4.69) is 47.5 Å². The second kappa shape index (κ2) is 14.6. The maximum atomic E-state index is 3.77. The lowest BCUT2D eigenvalue weighted by atomic mass is 9.55. The zero-order valence-electron chi connectivity index (χ0n) is 31.0. The van der Waals surface area contributed by atoms with Crippen LogP contribution >= 0.6 is 0 Å². The number of likely N-dealkylation sites (tertiary alicyclic amines) is 1. The standard InChI is InChI=1S/C46H72N2/c1-31-38-14-6-7-17-43(38)44(35-22-20-34(21-23-35)41-18-8-12-32-10-2-4-15-40(32)41)30-48(45-19-9-13-33-11-3-5-16-42(33)45)46-28-36(24-25-39(31)46)37-26-27-47-29-37/h3,9,11,13,19,31-32,34-47H,2,4-8,10,12,14-18,20-30H2,1H3/t31?,32?,34?,35?,36?,37?,38?,39?,40?,41?,42?,43?,44?,45-,46?/m0/s1. The topological polar surface area (TPSA) is 15.3 Å². The fraction of sp³-hybridized carbons (Fsp3) is 0.870. The van der Waals surface area contributed by atoms with Gasteiger partial charge in [0.1, 0.15) is 0 Å². The first kappa shape index (κ1) is 33.0. The molecule has 9 rings (SSSR count). The molecule has 7 aliphatic carbocycles. The number of nitrogens with zero attached hydrogens (tertiary/aromatic N) is 1. The van der Waals surface area contributed by atoms with Crippen molar-refractivity contribution in [2.24, 2.45) is 76.9 Å². The summed E-state index contributed by atoms with van der Waals surface area (Å²) in [4.78, 5) is 3.30. The zero-order valence-corrected chi connectivity index (χ0v) is 31.0. The molecule has 7 fully saturated rings. The van der Waals surface area contributed by atoms with Crippen LogP contribution < -0.4 is 5.32 Å². The van der Waals surface area contributed by atoms with Crippen LogP contribution in [0.1, 0.15) is 142 Å². The predicted molar refractivity (Wildman–Crippen MR) is 202 cm³/mol. The Bertz CT molecular complexity index is 1170. The molecule has 5 saturated carbocycles. The zero-order chi connectivity index (χ0) is 32.0. The van der Waals surface area contributed by atoms with Crippen LogP contribution in [-0.4, -0.2) is 36.6 Å². The average molecular weight is 653 g/mol. The second-order valence-electron chi connectivity index (χ2n) is 19.5. The Labute approximate surface area is 295 Å². The van der Waals surface area contributed by atoms with Crippen molar-refractivity contribution in [1.82, 2.24) is 10.2 Å². The van der Waals surface area contributed by atoms with Crippen LogP contribution in [0.2, 0.25) is 0 Å². The van der Waals surface area contributed by atoms with E-state index in [1.54, 1.807) is 76.2 Å². The SMILES string of the molecule is CC1C2CCCCC2C(C2CCC(C3CCCC4CCCCC43)CC2)CN([C@H]2C=CC=C3C=CCCC32)C2CC(C3CCNC3)CCC12. The summed E-state index contributed by atoms with van der Waals surface area (Å²) < 4.78 is 0. The molecule has 48 heavy (non-hydrogen) atoms. The molecule has 12 unspecified atom stereocenters. The average Bonchev–Trinajstić information content (AvgIpc) is 3.70. The quantitative estimate of drug-likeness (QED) is 0.325. The Morgan fingerprint density at radius 1 is 0.604 bits per heavy atom. The molecule has 2 nitrogen and oxygen atoms in total. The lowest BCUT2D eigenvalue weighted by Gasteiger charge is -2.58. The fourth-order valence-corrected chi connectivity index (χ4v) is 15.4. The van der Waals surface area contributed by atoms with Gasteiger partial charge in [-0.3, -0.25) is 4.90 Å². The van der Waals surface area contributed by atoms with Gasteiger partial charge < -0.3 is 5.32 Å². The minimum absolute atomic E-state index is 0.625. The van der Waals surface area contributed by atoms with E-state index < -0.39 is 0 Å². The molecule has 0 spiro atoms. The molecule has 1 N–H and O–H groups in total. The van der Waals surface area contributed by atoms with Crippen LogP contribution in [0.3, 0.4) is 0 Å². The highest BCUT2D eigenvalue weighted by Crippen LogP contribution is 2.56. The Morgan fingerprint density at radius 2 is 1.29 bits per heavy atom. The van der Waals surface area contributed by atoms with Gasteiger partial charge in [-0.1, -0.05) is 82.2 Å². The van der Waals surface area contributed by atoms with Gasteiger partial charge in [0.25, 0.3) is 0 Å². The van der Waals surface area contributed by atoms with E-state index in [4.69, 9.17) is 0 Å². The lowest BCUT2D eigenvalue weighted by molar-refractivity contribution is -0.0768. The lowest BCUT2D eigenvalue weighted by Crippen LogP contribution is -2.59. The minimum atomic E-state index is 0.625. The maximum Gasteiger partial charge on any atom is 0.0353 e. The number of hydrogen-bond donors (Lipinski definition) is 1. The summed E-state index contributed by atoms with van der Waals surface area (Å²) in [5, 5.41) is 3.77. The molecule has 0 aromatic carbocycles. The van der Waals surface area contributed by atoms with Crippen molar-refractivity contribution in [3.8, 4) is 0 Å². The largest absolute Gasteiger partial charge is 0.316 e. The van der Waals surface area contributed by atoms with Crippen molar-refractivity contribution >= 4 is 0 Å². The van der Waals surface area contributed by atoms with Crippen LogP contribution in [0.5, 0.6) is 0 Å². The summed E-state index contributed by atoms with van der Waals surface area (Å²) in [7, 11) is 0. The molecule has 0 aromatic rings. The third-order valence-electron chi connectivity index (χ3n) is 17.7. The maximum absolute atomic E-state index is 3.77. The van der Waals surface area contributed by atoms with Crippen molar-refractivity contribution in [3.63, 3.8) is 0 Å². The van der Waals surface area contributed by atoms with Crippen LogP contribution in [0.15, 0.2) is 36.0 Å². The van der Waals surface area contributed by atoms with Crippen molar-refractivity contribution in [2.75, 3.05) is 19.6 Å². The van der Waals surface area contributed by atoms with E-state index in [1.165, 1.54) is 83.8 Å². The summed E-state index contributed by atoms with van der Waals surface area (Å²) in [5.74, 6) is 12.7. The van der Waals surface area contributed by atoms with Gasteiger partial charge in [0.05, 0.1) is 0 Å². The molecule has 0 amide bonds. The van der Waals surface area contributed by atoms with Gasteiger partial charge in [-0.2, -0.15) is 0 Å². The predicted octanol–water partition coefficient (Wildman–Crippen LogP) is 11.0. The molecule has 0 aromatic heterocycles. The molecule has 0 bridgehead atoms. The van der Waals surface area contributed by atoms with Gasteiger partial charge in [0.2, 0.25) is 0 Å². The van der Waals surface area contributed by atoms with Crippen LogP contribution in [0.4, 0.5) is 0 Å². The first-order valence-corrected chi connectivity index (χ1v) is 22.2. The molecule has 266 valence electrons. The second-order valence-corrected chi connectivity index (χ2v) is 19.5. The van der Waals surface area contributed by atoms with Crippen LogP contribution in [-0.2, 0) is 0 Å².